The number of hydrogen-bond acceptors (Lipinski definition) is 5. The van der Waals surface area contributed by atoms with Crippen molar-refractivity contribution in [3.05, 3.63) is 95.6 Å². The van der Waals surface area contributed by atoms with Crippen LogP contribution in [-0.2, 0) is 16.0 Å². The predicted octanol–water partition coefficient (Wildman–Crippen LogP) is 6.31. The third-order valence-electron chi connectivity index (χ3n) is 5.99. The van der Waals surface area contributed by atoms with Crippen molar-refractivity contribution in [3.8, 4) is 11.5 Å². The minimum atomic E-state index is -0.588. The first-order valence-corrected chi connectivity index (χ1v) is 11.5. The molecule has 6 heteroatoms. The molecular weight excluding hydrogens is 440 g/mol. The summed E-state index contributed by atoms with van der Waals surface area (Å²) in [7, 11) is 0. The van der Waals surface area contributed by atoms with E-state index in [1.807, 2.05) is 80.6 Å². The summed E-state index contributed by atoms with van der Waals surface area (Å²) in [5, 5.41) is 4.39. The van der Waals surface area contributed by atoms with E-state index in [0.717, 1.165) is 34.1 Å². The van der Waals surface area contributed by atoms with E-state index in [0.29, 0.717) is 28.0 Å². The Kier molecular flexibility index (Phi) is 6.02. The van der Waals surface area contributed by atoms with Gasteiger partial charge in [0.25, 0.3) is 5.91 Å². The van der Waals surface area contributed by atoms with Crippen LogP contribution in [0.4, 0.5) is 5.69 Å². The molecule has 5 rings (SSSR count). The van der Waals surface area contributed by atoms with Gasteiger partial charge in [0.2, 0.25) is 5.89 Å². The molecule has 0 aliphatic carbocycles. The lowest BCUT2D eigenvalue weighted by Gasteiger charge is -2.13. The number of rotatable bonds is 6. The Balaban J connectivity index is 1.42. The van der Waals surface area contributed by atoms with Crippen LogP contribution in [0.15, 0.2) is 83.3 Å². The van der Waals surface area contributed by atoms with E-state index >= 15 is 0 Å². The van der Waals surface area contributed by atoms with Crippen molar-refractivity contribution in [2.24, 2.45) is 0 Å². The number of para-hydroxylation sites is 3. The van der Waals surface area contributed by atoms with E-state index in [2.05, 4.69) is 10.3 Å². The third kappa shape index (κ3) is 4.38. The number of aromatic nitrogens is 1. The molecule has 35 heavy (non-hydrogen) atoms. The molecule has 0 saturated carbocycles. The molecule has 0 aliphatic rings. The van der Waals surface area contributed by atoms with Gasteiger partial charge in [0.05, 0.1) is 5.56 Å². The summed E-state index contributed by atoms with van der Waals surface area (Å²) in [5.41, 5.74) is 5.18. The molecule has 0 aliphatic heterocycles. The molecule has 1 N–H and O–H groups in total. The van der Waals surface area contributed by atoms with E-state index in [1.54, 1.807) is 12.1 Å². The van der Waals surface area contributed by atoms with Crippen LogP contribution in [0.5, 0.6) is 0 Å². The highest BCUT2D eigenvalue weighted by atomic mass is 16.5. The molecule has 4 aromatic carbocycles. The highest BCUT2D eigenvalue weighted by molar-refractivity contribution is 6.10. The lowest BCUT2D eigenvalue weighted by atomic mass is 9.99. The van der Waals surface area contributed by atoms with Gasteiger partial charge in [-0.15, -0.1) is 0 Å². The number of anilines is 1. The predicted molar refractivity (Wildman–Crippen MR) is 136 cm³/mol. The van der Waals surface area contributed by atoms with Crippen molar-refractivity contribution in [2.75, 3.05) is 11.9 Å². The lowest BCUT2D eigenvalue weighted by Crippen LogP contribution is -2.22. The second-order valence-electron chi connectivity index (χ2n) is 8.28. The standard InChI is InChI=1S/C29H24N2O4/c1-3-19-10-6-9-18(2)27(19)31-25(32)17-34-29(33)22-14-8-12-20-11-7-13-21(26(20)22)28-30-23-15-4-5-16-24(23)35-28/h4-16H,3,17H2,1-2H3,(H,31,32). The second-order valence-corrected chi connectivity index (χ2v) is 8.28. The van der Waals surface area contributed by atoms with Gasteiger partial charge in [-0.1, -0.05) is 61.5 Å². The number of fused-ring (bicyclic) bond motifs is 2. The fraction of sp³-hybridized carbons (Fsp3) is 0.138. The van der Waals surface area contributed by atoms with Crippen LogP contribution in [0, 0.1) is 6.92 Å². The average molecular weight is 465 g/mol. The molecular formula is C29H24N2O4. The van der Waals surface area contributed by atoms with Gasteiger partial charge in [0.1, 0.15) is 5.52 Å². The van der Waals surface area contributed by atoms with Crippen LogP contribution in [-0.4, -0.2) is 23.5 Å². The first-order valence-electron chi connectivity index (χ1n) is 11.5. The number of amides is 1. The van der Waals surface area contributed by atoms with Gasteiger partial charge in [-0.25, -0.2) is 9.78 Å². The largest absolute Gasteiger partial charge is 0.452 e. The molecule has 0 saturated heterocycles. The van der Waals surface area contributed by atoms with Crippen molar-refractivity contribution in [3.63, 3.8) is 0 Å². The van der Waals surface area contributed by atoms with Gasteiger partial charge in [-0.05, 0) is 54.1 Å². The molecule has 174 valence electrons. The van der Waals surface area contributed by atoms with Crippen LogP contribution >= 0.6 is 0 Å². The smallest absolute Gasteiger partial charge is 0.339 e. The van der Waals surface area contributed by atoms with Crippen molar-refractivity contribution >= 4 is 39.4 Å². The zero-order chi connectivity index (χ0) is 24.4. The summed E-state index contributed by atoms with van der Waals surface area (Å²) in [5.74, 6) is -0.557. The summed E-state index contributed by atoms with van der Waals surface area (Å²) < 4.78 is 11.4. The maximum absolute atomic E-state index is 13.1. The zero-order valence-corrected chi connectivity index (χ0v) is 19.5. The minimum Gasteiger partial charge on any atom is -0.452 e. The van der Waals surface area contributed by atoms with Crippen molar-refractivity contribution in [1.29, 1.82) is 0 Å². The van der Waals surface area contributed by atoms with Gasteiger partial charge in [-0.2, -0.15) is 0 Å². The minimum absolute atomic E-state index is 0.346. The molecule has 0 spiro atoms. The molecule has 6 nitrogen and oxygen atoms in total. The first kappa shape index (κ1) is 22.3. The van der Waals surface area contributed by atoms with Crippen molar-refractivity contribution < 1.29 is 18.7 Å². The first-order chi connectivity index (χ1) is 17.0. The number of esters is 1. The number of carbonyl (C=O) groups excluding carboxylic acids is 2. The SMILES string of the molecule is CCc1cccc(C)c1NC(=O)COC(=O)c1cccc2cccc(-c3nc4ccccc4o3)c12. The topological polar surface area (TPSA) is 81.4 Å². The second kappa shape index (κ2) is 9.43. The maximum Gasteiger partial charge on any atom is 0.339 e. The quantitative estimate of drug-likeness (QED) is 0.298. The molecule has 1 aromatic heterocycles. The molecule has 1 amide bonds. The van der Waals surface area contributed by atoms with E-state index in [1.165, 1.54) is 0 Å². The van der Waals surface area contributed by atoms with Crippen LogP contribution in [0.1, 0.15) is 28.4 Å². The number of aryl methyl sites for hydroxylation is 2. The van der Waals surface area contributed by atoms with Crippen molar-refractivity contribution in [1.82, 2.24) is 4.98 Å². The van der Waals surface area contributed by atoms with E-state index in [-0.39, 0.29) is 5.91 Å². The molecule has 0 radical (unpaired) electrons. The van der Waals surface area contributed by atoms with Crippen LogP contribution in [0.3, 0.4) is 0 Å². The summed E-state index contributed by atoms with van der Waals surface area (Å²) in [6, 6.07) is 24.4. The normalized spacial score (nSPS) is 11.0. The molecule has 0 bridgehead atoms. The number of ether oxygens (including phenoxy) is 1. The fourth-order valence-electron chi connectivity index (χ4n) is 4.26. The third-order valence-corrected chi connectivity index (χ3v) is 5.99. The Morgan fingerprint density at radius 1 is 0.943 bits per heavy atom. The number of nitrogens with zero attached hydrogens (tertiary/aromatic N) is 1. The number of carbonyl (C=O) groups is 2. The molecule has 0 fully saturated rings. The number of benzene rings is 4. The van der Waals surface area contributed by atoms with Crippen LogP contribution < -0.4 is 5.32 Å². The Hall–Kier alpha value is -4.45. The number of nitrogens with one attached hydrogen (secondary N) is 1. The lowest BCUT2D eigenvalue weighted by molar-refractivity contribution is -0.119. The highest BCUT2D eigenvalue weighted by Crippen LogP contribution is 2.33. The molecule has 5 aromatic rings. The van der Waals surface area contributed by atoms with Gasteiger partial charge in [-0.3, -0.25) is 4.79 Å². The van der Waals surface area contributed by atoms with Gasteiger partial charge >= 0.3 is 5.97 Å². The van der Waals surface area contributed by atoms with E-state index in [4.69, 9.17) is 9.15 Å². The average Bonchev–Trinajstić information content (AvgIpc) is 3.32. The molecule has 0 atom stereocenters. The van der Waals surface area contributed by atoms with Gasteiger partial charge in [0, 0.05) is 16.6 Å². The van der Waals surface area contributed by atoms with Crippen molar-refractivity contribution in [2.45, 2.75) is 20.3 Å². The summed E-state index contributed by atoms with van der Waals surface area (Å²) in [6.07, 6.45) is 0.783. The number of oxazole rings is 1. The fourth-order valence-corrected chi connectivity index (χ4v) is 4.26. The van der Waals surface area contributed by atoms with Crippen LogP contribution in [0.2, 0.25) is 0 Å². The summed E-state index contributed by atoms with van der Waals surface area (Å²) in [4.78, 5) is 30.3. The summed E-state index contributed by atoms with van der Waals surface area (Å²) >= 11 is 0. The van der Waals surface area contributed by atoms with E-state index in [9.17, 15) is 9.59 Å². The Labute approximate surface area is 202 Å². The monoisotopic (exact) mass is 464 g/mol. The molecule has 1 heterocycles. The Morgan fingerprint density at radius 3 is 2.51 bits per heavy atom. The maximum atomic E-state index is 13.1. The summed E-state index contributed by atoms with van der Waals surface area (Å²) in [6.45, 7) is 3.57. The van der Waals surface area contributed by atoms with Gasteiger partial charge in [0.15, 0.2) is 12.2 Å². The Morgan fingerprint density at radius 2 is 1.71 bits per heavy atom. The van der Waals surface area contributed by atoms with Gasteiger partial charge < -0.3 is 14.5 Å². The highest BCUT2D eigenvalue weighted by Gasteiger charge is 2.19. The molecule has 0 unspecified atom stereocenters. The van der Waals surface area contributed by atoms with E-state index < -0.39 is 12.6 Å². The zero-order valence-electron chi connectivity index (χ0n) is 19.5. The Bertz CT molecular complexity index is 1530. The number of hydrogen-bond donors (Lipinski definition) is 1. The van der Waals surface area contributed by atoms with Crippen LogP contribution in [0.25, 0.3) is 33.3 Å².